The third-order valence-corrected chi connectivity index (χ3v) is 4.28. The van der Waals surface area contributed by atoms with Crippen molar-refractivity contribution in [2.45, 2.75) is 39.1 Å². The summed E-state index contributed by atoms with van der Waals surface area (Å²) in [5.41, 5.74) is 0. The highest BCUT2D eigenvalue weighted by molar-refractivity contribution is 6.72. The zero-order valence-electron chi connectivity index (χ0n) is 11.2. The van der Waals surface area contributed by atoms with Gasteiger partial charge >= 0.3 is 0 Å². The minimum absolute atomic E-state index is 0.156. The van der Waals surface area contributed by atoms with Gasteiger partial charge in [0.25, 0.3) is 0 Å². The highest BCUT2D eigenvalue weighted by Crippen LogP contribution is 2.30. The molecule has 0 fully saturated rings. The van der Waals surface area contributed by atoms with E-state index in [1.165, 1.54) is 0 Å². The van der Waals surface area contributed by atoms with E-state index < -0.39 is 8.32 Å². The standard InChI is InChI=1S/C14H22O2Si/c1-6-11-17(4,5)16-14-10-8-7-9-13(14)15-12(2)3/h6-10,12H,1,11H2,2-5H3. The maximum absolute atomic E-state index is 6.12. The molecule has 2 nitrogen and oxygen atoms in total. The maximum atomic E-state index is 6.12. The van der Waals surface area contributed by atoms with E-state index in [2.05, 4.69) is 19.7 Å². The molecule has 0 aromatic heterocycles. The molecule has 0 amide bonds. The van der Waals surface area contributed by atoms with Crippen LogP contribution in [0.4, 0.5) is 0 Å². The Morgan fingerprint density at radius 3 is 2.35 bits per heavy atom. The van der Waals surface area contributed by atoms with E-state index in [0.29, 0.717) is 0 Å². The lowest BCUT2D eigenvalue weighted by atomic mass is 10.3. The lowest BCUT2D eigenvalue weighted by Gasteiger charge is -2.25. The summed E-state index contributed by atoms with van der Waals surface area (Å²) in [6.45, 7) is 12.2. The van der Waals surface area contributed by atoms with Gasteiger partial charge in [0.15, 0.2) is 5.75 Å². The molecule has 0 saturated heterocycles. The van der Waals surface area contributed by atoms with Crippen LogP contribution in [0.15, 0.2) is 36.9 Å². The largest absolute Gasteiger partial charge is 0.541 e. The molecule has 0 aliphatic heterocycles. The molecule has 17 heavy (non-hydrogen) atoms. The van der Waals surface area contributed by atoms with Crippen LogP contribution in [0, 0.1) is 0 Å². The molecule has 0 aliphatic rings. The molecule has 0 unspecified atom stereocenters. The van der Waals surface area contributed by atoms with Crippen molar-refractivity contribution >= 4 is 8.32 Å². The Morgan fingerprint density at radius 1 is 1.24 bits per heavy atom. The Bertz CT molecular complexity index is 372. The first-order valence-corrected chi connectivity index (χ1v) is 9.12. The molecule has 1 aromatic carbocycles. The summed E-state index contributed by atoms with van der Waals surface area (Å²) in [4.78, 5) is 0. The number of benzene rings is 1. The van der Waals surface area contributed by atoms with Crippen molar-refractivity contribution in [1.82, 2.24) is 0 Å². The topological polar surface area (TPSA) is 18.5 Å². The van der Waals surface area contributed by atoms with Crippen molar-refractivity contribution in [3.63, 3.8) is 0 Å². The quantitative estimate of drug-likeness (QED) is 0.555. The van der Waals surface area contributed by atoms with E-state index in [4.69, 9.17) is 9.16 Å². The molecule has 1 rings (SSSR count). The van der Waals surface area contributed by atoms with E-state index in [9.17, 15) is 0 Å². The van der Waals surface area contributed by atoms with Crippen molar-refractivity contribution in [2.75, 3.05) is 0 Å². The second-order valence-electron chi connectivity index (χ2n) is 4.97. The zero-order valence-corrected chi connectivity index (χ0v) is 12.2. The first-order valence-electron chi connectivity index (χ1n) is 6.00. The molecule has 3 heteroatoms. The fourth-order valence-corrected chi connectivity index (χ4v) is 3.12. The van der Waals surface area contributed by atoms with Crippen LogP contribution in [0.25, 0.3) is 0 Å². The Morgan fingerprint density at radius 2 is 1.82 bits per heavy atom. The molecular weight excluding hydrogens is 228 g/mol. The molecule has 0 heterocycles. The SMILES string of the molecule is C=CC[Si](C)(C)Oc1ccccc1OC(C)C. The number of rotatable bonds is 6. The van der Waals surface area contributed by atoms with Gasteiger partial charge < -0.3 is 9.16 Å². The second-order valence-corrected chi connectivity index (χ2v) is 9.10. The van der Waals surface area contributed by atoms with Crippen molar-refractivity contribution in [3.8, 4) is 11.5 Å². The normalized spacial score (nSPS) is 11.4. The minimum Gasteiger partial charge on any atom is -0.541 e. The van der Waals surface area contributed by atoms with Gasteiger partial charge in [-0.15, -0.1) is 6.58 Å². The van der Waals surface area contributed by atoms with Crippen LogP contribution < -0.4 is 9.16 Å². The van der Waals surface area contributed by atoms with Crippen molar-refractivity contribution in [3.05, 3.63) is 36.9 Å². The van der Waals surface area contributed by atoms with E-state index in [1.807, 2.05) is 44.2 Å². The summed E-state index contributed by atoms with van der Waals surface area (Å²) in [6.07, 6.45) is 2.09. The number of hydrogen-bond acceptors (Lipinski definition) is 2. The van der Waals surface area contributed by atoms with Crippen molar-refractivity contribution in [1.29, 1.82) is 0 Å². The summed E-state index contributed by atoms with van der Waals surface area (Å²) in [5.74, 6) is 1.67. The molecular formula is C14H22O2Si. The van der Waals surface area contributed by atoms with Gasteiger partial charge in [-0.05, 0) is 45.1 Å². The summed E-state index contributed by atoms with van der Waals surface area (Å²) in [6, 6.07) is 8.79. The Kier molecular flexibility index (Phi) is 4.81. The van der Waals surface area contributed by atoms with Gasteiger partial charge in [-0.25, -0.2) is 0 Å². The second kappa shape index (κ2) is 5.91. The average Bonchev–Trinajstić information content (AvgIpc) is 2.19. The smallest absolute Gasteiger partial charge is 0.249 e. The number of allylic oxidation sites excluding steroid dienone is 1. The van der Waals surface area contributed by atoms with Crippen LogP contribution >= 0.6 is 0 Å². The summed E-state index contributed by atoms with van der Waals surface area (Å²) in [5, 5.41) is 0. The monoisotopic (exact) mass is 250 g/mol. The number of para-hydroxylation sites is 2. The summed E-state index contributed by atoms with van der Waals surface area (Å²) in [7, 11) is -1.72. The summed E-state index contributed by atoms with van der Waals surface area (Å²) < 4.78 is 11.9. The van der Waals surface area contributed by atoms with E-state index >= 15 is 0 Å². The van der Waals surface area contributed by atoms with Crippen LogP contribution in [0.2, 0.25) is 19.1 Å². The lowest BCUT2D eigenvalue weighted by Crippen LogP contribution is -2.33. The van der Waals surface area contributed by atoms with Gasteiger partial charge in [0.2, 0.25) is 8.32 Å². The molecule has 94 valence electrons. The molecule has 0 spiro atoms. The van der Waals surface area contributed by atoms with E-state index in [0.717, 1.165) is 17.5 Å². The fourth-order valence-electron chi connectivity index (χ4n) is 1.57. The lowest BCUT2D eigenvalue weighted by molar-refractivity contribution is 0.235. The van der Waals surface area contributed by atoms with Gasteiger partial charge in [0.1, 0.15) is 5.75 Å². The van der Waals surface area contributed by atoms with Gasteiger partial charge in [-0.3, -0.25) is 0 Å². The highest BCUT2D eigenvalue weighted by atomic mass is 28.4. The average molecular weight is 250 g/mol. The minimum atomic E-state index is -1.72. The maximum Gasteiger partial charge on any atom is 0.249 e. The Balaban J connectivity index is 2.86. The van der Waals surface area contributed by atoms with Crippen LogP contribution in [-0.4, -0.2) is 14.4 Å². The first kappa shape index (κ1) is 13.8. The van der Waals surface area contributed by atoms with Crippen LogP contribution in [-0.2, 0) is 0 Å². The van der Waals surface area contributed by atoms with Crippen molar-refractivity contribution < 1.29 is 9.16 Å². The molecule has 0 atom stereocenters. The van der Waals surface area contributed by atoms with Gasteiger partial charge in [-0.2, -0.15) is 0 Å². The fraction of sp³-hybridized carbons (Fsp3) is 0.429. The van der Waals surface area contributed by atoms with Gasteiger partial charge in [-0.1, -0.05) is 18.2 Å². The van der Waals surface area contributed by atoms with E-state index in [-0.39, 0.29) is 6.10 Å². The van der Waals surface area contributed by atoms with Gasteiger partial charge in [0, 0.05) is 0 Å². The summed E-state index contributed by atoms with van der Waals surface area (Å²) >= 11 is 0. The highest BCUT2D eigenvalue weighted by Gasteiger charge is 2.24. The van der Waals surface area contributed by atoms with Gasteiger partial charge in [0.05, 0.1) is 6.10 Å². The zero-order chi connectivity index (χ0) is 12.9. The molecule has 0 aliphatic carbocycles. The predicted octanol–water partition coefficient (Wildman–Crippen LogP) is 4.24. The molecule has 1 aromatic rings. The van der Waals surface area contributed by atoms with E-state index in [1.54, 1.807) is 0 Å². The molecule has 0 N–H and O–H groups in total. The van der Waals surface area contributed by atoms with Crippen LogP contribution in [0.1, 0.15) is 13.8 Å². The number of ether oxygens (including phenoxy) is 1. The van der Waals surface area contributed by atoms with Crippen molar-refractivity contribution in [2.24, 2.45) is 0 Å². The van der Waals surface area contributed by atoms with Crippen LogP contribution in [0.5, 0.6) is 11.5 Å². The molecule has 0 saturated carbocycles. The third-order valence-electron chi connectivity index (χ3n) is 2.23. The third kappa shape index (κ3) is 4.65. The Labute approximate surface area is 105 Å². The van der Waals surface area contributed by atoms with Crippen LogP contribution in [0.3, 0.4) is 0 Å². The predicted molar refractivity (Wildman–Crippen MR) is 75.3 cm³/mol. The first-order chi connectivity index (χ1) is 7.94. The molecule has 0 radical (unpaired) electrons. The molecule has 0 bridgehead atoms. The number of hydrogen-bond donors (Lipinski definition) is 0. The Hall–Kier alpha value is -1.22.